The minimum absolute atomic E-state index is 1.15. The molecular formula is C14H12N2. The van der Waals surface area contributed by atoms with Crippen LogP contribution in [-0.4, -0.2) is 9.97 Å². The molecule has 0 radical (unpaired) electrons. The van der Waals surface area contributed by atoms with Crippen molar-refractivity contribution < 1.29 is 0 Å². The molecule has 2 heterocycles. The Morgan fingerprint density at radius 2 is 1.00 bits per heavy atom. The molecule has 0 saturated heterocycles. The van der Waals surface area contributed by atoms with Crippen LogP contribution in [0.1, 0.15) is 11.1 Å². The fourth-order valence-electron chi connectivity index (χ4n) is 1.28. The lowest BCUT2D eigenvalue weighted by Crippen LogP contribution is -1.72. The smallest absolute Gasteiger partial charge is 0.0273 e. The minimum Gasteiger partial charge on any atom is -0.265 e. The summed E-state index contributed by atoms with van der Waals surface area (Å²) >= 11 is 0. The molecule has 0 fully saturated rings. The second-order valence-electron chi connectivity index (χ2n) is 3.28. The first-order chi connectivity index (χ1) is 7.95. The third-order valence-corrected chi connectivity index (χ3v) is 2.10. The van der Waals surface area contributed by atoms with Gasteiger partial charge in [-0.1, -0.05) is 24.3 Å². The van der Waals surface area contributed by atoms with Crippen LogP contribution < -0.4 is 0 Å². The topological polar surface area (TPSA) is 25.8 Å². The molecule has 0 bridgehead atoms. The zero-order valence-corrected chi connectivity index (χ0v) is 8.82. The lowest BCUT2D eigenvalue weighted by molar-refractivity contribution is 1.32. The average Bonchev–Trinajstić information content (AvgIpc) is 2.37. The van der Waals surface area contributed by atoms with Gasteiger partial charge in [-0.25, -0.2) is 0 Å². The monoisotopic (exact) mass is 208 g/mol. The van der Waals surface area contributed by atoms with Crippen molar-refractivity contribution in [2.24, 2.45) is 0 Å². The number of hydrogen-bond acceptors (Lipinski definition) is 2. The second-order valence-corrected chi connectivity index (χ2v) is 3.28. The predicted octanol–water partition coefficient (Wildman–Crippen LogP) is 3.20. The van der Waals surface area contributed by atoms with E-state index in [1.807, 2.05) is 48.6 Å². The van der Waals surface area contributed by atoms with Crippen molar-refractivity contribution in [1.29, 1.82) is 0 Å². The normalized spacial score (nSPS) is 11.2. The molecule has 2 heteroatoms. The quantitative estimate of drug-likeness (QED) is 0.724. The number of hydrogen-bond donors (Lipinski definition) is 0. The van der Waals surface area contributed by atoms with Gasteiger partial charge >= 0.3 is 0 Å². The van der Waals surface area contributed by atoms with E-state index in [0.717, 1.165) is 11.1 Å². The molecule has 0 amide bonds. The van der Waals surface area contributed by atoms with Crippen LogP contribution in [0.4, 0.5) is 0 Å². The molecule has 0 aliphatic carbocycles. The Morgan fingerprint density at radius 1 is 0.625 bits per heavy atom. The van der Waals surface area contributed by atoms with Crippen molar-refractivity contribution in [2.75, 3.05) is 0 Å². The Morgan fingerprint density at radius 3 is 1.38 bits per heavy atom. The molecule has 0 N–H and O–H groups in total. The van der Waals surface area contributed by atoms with Gasteiger partial charge in [-0.05, 0) is 35.4 Å². The van der Waals surface area contributed by atoms with Crippen LogP contribution in [0.15, 0.2) is 61.2 Å². The third-order valence-electron chi connectivity index (χ3n) is 2.10. The maximum Gasteiger partial charge on any atom is 0.0273 e. The molecule has 2 rings (SSSR count). The van der Waals surface area contributed by atoms with E-state index in [2.05, 4.69) is 9.97 Å². The molecule has 0 saturated carbocycles. The van der Waals surface area contributed by atoms with Gasteiger partial charge in [-0.3, -0.25) is 9.97 Å². The minimum atomic E-state index is 1.15. The van der Waals surface area contributed by atoms with Gasteiger partial charge in [0.1, 0.15) is 0 Å². The van der Waals surface area contributed by atoms with Gasteiger partial charge in [0.05, 0.1) is 0 Å². The molecule has 2 aromatic heterocycles. The summed E-state index contributed by atoms with van der Waals surface area (Å²) in [5.74, 6) is 0. The molecule has 0 spiro atoms. The van der Waals surface area contributed by atoms with Crippen LogP contribution >= 0.6 is 0 Å². The Kier molecular flexibility index (Phi) is 3.61. The Balaban J connectivity index is 1.98. The van der Waals surface area contributed by atoms with E-state index in [1.165, 1.54) is 0 Å². The van der Waals surface area contributed by atoms with Crippen LogP contribution in [0.3, 0.4) is 0 Å². The maximum atomic E-state index is 3.96. The number of rotatable bonds is 3. The average molecular weight is 208 g/mol. The lowest BCUT2D eigenvalue weighted by atomic mass is 10.2. The fraction of sp³-hybridized carbons (Fsp3) is 0. The fourth-order valence-corrected chi connectivity index (χ4v) is 1.28. The summed E-state index contributed by atoms with van der Waals surface area (Å²) in [5, 5.41) is 0. The van der Waals surface area contributed by atoms with E-state index >= 15 is 0 Å². The van der Waals surface area contributed by atoms with E-state index in [0.29, 0.717) is 0 Å². The van der Waals surface area contributed by atoms with Crippen LogP contribution in [0.2, 0.25) is 0 Å². The molecule has 0 aliphatic rings. The van der Waals surface area contributed by atoms with Gasteiger partial charge < -0.3 is 0 Å². The van der Waals surface area contributed by atoms with Crippen molar-refractivity contribution in [3.63, 3.8) is 0 Å². The first kappa shape index (κ1) is 10.3. The largest absolute Gasteiger partial charge is 0.265 e. The maximum absolute atomic E-state index is 3.96. The standard InChI is InChI=1S/C14H12N2/c1(3-13-5-9-15-10-6-13)2-4-14-7-11-16-12-8-14/h1-12H/b3-1+,4-2+. The van der Waals surface area contributed by atoms with E-state index in [-0.39, 0.29) is 0 Å². The summed E-state index contributed by atoms with van der Waals surface area (Å²) in [6.45, 7) is 0. The number of pyridine rings is 2. The highest BCUT2D eigenvalue weighted by Gasteiger charge is 1.82. The SMILES string of the molecule is C(/C=C/c1ccncc1)=C\c1ccncc1. The summed E-state index contributed by atoms with van der Waals surface area (Å²) in [5.41, 5.74) is 2.30. The van der Waals surface area contributed by atoms with E-state index < -0.39 is 0 Å². The van der Waals surface area contributed by atoms with E-state index in [1.54, 1.807) is 24.8 Å². The van der Waals surface area contributed by atoms with Crippen molar-refractivity contribution in [3.05, 3.63) is 72.3 Å². The van der Waals surface area contributed by atoms with E-state index in [4.69, 9.17) is 0 Å². The van der Waals surface area contributed by atoms with Crippen LogP contribution in [0.5, 0.6) is 0 Å². The molecule has 16 heavy (non-hydrogen) atoms. The molecule has 2 nitrogen and oxygen atoms in total. The highest BCUT2D eigenvalue weighted by Crippen LogP contribution is 2.02. The van der Waals surface area contributed by atoms with Crippen molar-refractivity contribution in [3.8, 4) is 0 Å². The Bertz CT molecular complexity index is 425. The van der Waals surface area contributed by atoms with Crippen LogP contribution in [-0.2, 0) is 0 Å². The molecule has 2 aromatic rings. The van der Waals surface area contributed by atoms with Gasteiger partial charge in [0.15, 0.2) is 0 Å². The number of allylic oxidation sites excluding steroid dienone is 2. The van der Waals surface area contributed by atoms with Gasteiger partial charge in [0.25, 0.3) is 0 Å². The lowest BCUT2D eigenvalue weighted by Gasteiger charge is -1.89. The summed E-state index contributed by atoms with van der Waals surface area (Å²) < 4.78 is 0. The van der Waals surface area contributed by atoms with Gasteiger partial charge in [-0.15, -0.1) is 0 Å². The summed E-state index contributed by atoms with van der Waals surface area (Å²) in [6, 6.07) is 7.88. The Labute approximate surface area is 95.0 Å². The zero-order valence-electron chi connectivity index (χ0n) is 8.82. The van der Waals surface area contributed by atoms with Crippen molar-refractivity contribution in [2.45, 2.75) is 0 Å². The zero-order chi connectivity index (χ0) is 11.1. The summed E-state index contributed by atoms with van der Waals surface area (Å²) in [7, 11) is 0. The first-order valence-electron chi connectivity index (χ1n) is 5.10. The molecule has 0 aliphatic heterocycles. The number of nitrogens with zero attached hydrogens (tertiary/aromatic N) is 2. The highest BCUT2D eigenvalue weighted by molar-refractivity contribution is 5.56. The molecule has 0 unspecified atom stereocenters. The second kappa shape index (κ2) is 5.61. The third kappa shape index (κ3) is 3.17. The molecule has 78 valence electrons. The first-order valence-corrected chi connectivity index (χ1v) is 5.10. The predicted molar refractivity (Wildman–Crippen MR) is 66.5 cm³/mol. The van der Waals surface area contributed by atoms with Crippen molar-refractivity contribution >= 4 is 12.2 Å². The summed E-state index contributed by atoms with van der Waals surface area (Å²) in [4.78, 5) is 7.92. The van der Waals surface area contributed by atoms with E-state index in [9.17, 15) is 0 Å². The molecule has 0 aromatic carbocycles. The molecule has 0 atom stereocenters. The van der Waals surface area contributed by atoms with Gasteiger partial charge in [-0.2, -0.15) is 0 Å². The Hall–Kier alpha value is -2.22. The highest BCUT2D eigenvalue weighted by atomic mass is 14.6. The van der Waals surface area contributed by atoms with Crippen molar-refractivity contribution in [1.82, 2.24) is 9.97 Å². The van der Waals surface area contributed by atoms with Gasteiger partial charge in [0.2, 0.25) is 0 Å². The van der Waals surface area contributed by atoms with Crippen LogP contribution in [0, 0.1) is 0 Å². The number of aromatic nitrogens is 2. The van der Waals surface area contributed by atoms with Crippen LogP contribution in [0.25, 0.3) is 12.2 Å². The van der Waals surface area contributed by atoms with Gasteiger partial charge in [0, 0.05) is 24.8 Å². The molecular weight excluding hydrogens is 196 g/mol. The summed E-state index contributed by atoms with van der Waals surface area (Å²) in [6.07, 6.45) is 15.2.